The molecular formula is C7H10N2O3S. The molecule has 5 nitrogen and oxygen atoms in total. The van der Waals surface area contributed by atoms with Crippen LogP contribution in [0.2, 0.25) is 0 Å². The molecule has 3 N–H and O–H groups in total. The molecule has 0 aliphatic rings. The molecule has 1 aromatic heterocycles. The fourth-order valence-corrected chi connectivity index (χ4v) is 1.48. The zero-order chi connectivity index (χ0) is 9.68. The van der Waals surface area contributed by atoms with Gasteiger partial charge in [-0.2, -0.15) is 0 Å². The number of carbonyl (C=O) groups is 1. The molecule has 0 spiro atoms. The number of nitrogens with zero attached hydrogens (tertiary/aromatic N) is 1. The largest absolute Gasteiger partial charge is 0.480 e. The van der Waals surface area contributed by atoms with Gasteiger partial charge in [-0.3, -0.25) is 4.79 Å². The summed E-state index contributed by atoms with van der Waals surface area (Å²) in [5.41, 5.74) is 5.29. The summed E-state index contributed by atoms with van der Waals surface area (Å²) in [6, 6.07) is -0.803. The van der Waals surface area contributed by atoms with E-state index < -0.39 is 12.0 Å². The van der Waals surface area contributed by atoms with Gasteiger partial charge in [0.1, 0.15) is 12.3 Å². The standard InChI is InChI=1S/C7H10N2O3S/c8-5(6(10)11)1-4-13-7-9-2-3-12-7/h2-3,5H,1,4,8H2,(H,10,11). The lowest BCUT2D eigenvalue weighted by Gasteiger charge is -2.03. The number of aliphatic carboxylic acids is 1. The normalized spacial score (nSPS) is 12.7. The molecule has 1 rings (SSSR count). The highest BCUT2D eigenvalue weighted by molar-refractivity contribution is 7.99. The van der Waals surface area contributed by atoms with E-state index in [0.717, 1.165) is 0 Å². The fourth-order valence-electron chi connectivity index (χ4n) is 0.678. The van der Waals surface area contributed by atoms with Crippen molar-refractivity contribution in [1.29, 1.82) is 0 Å². The van der Waals surface area contributed by atoms with Gasteiger partial charge >= 0.3 is 5.97 Å². The third-order valence-corrected chi connectivity index (χ3v) is 2.27. The van der Waals surface area contributed by atoms with Gasteiger partial charge in [0.25, 0.3) is 5.22 Å². The second kappa shape index (κ2) is 4.88. The molecule has 0 aromatic carbocycles. The summed E-state index contributed by atoms with van der Waals surface area (Å²) in [5, 5.41) is 9.01. The quantitative estimate of drug-likeness (QED) is 0.678. The van der Waals surface area contributed by atoms with Crippen LogP contribution < -0.4 is 5.73 Å². The molecule has 6 heteroatoms. The van der Waals surface area contributed by atoms with Crippen molar-refractivity contribution < 1.29 is 14.3 Å². The highest BCUT2D eigenvalue weighted by atomic mass is 32.2. The Morgan fingerprint density at radius 1 is 1.85 bits per heavy atom. The SMILES string of the molecule is NC(CCSc1ncco1)C(=O)O. The minimum absolute atomic E-state index is 0.405. The van der Waals surface area contributed by atoms with Crippen molar-refractivity contribution in [3.8, 4) is 0 Å². The van der Waals surface area contributed by atoms with Gasteiger partial charge < -0.3 is 15.3 Å². The minimum Gasteiger partial charge on any atom is -0.480 e. The number of hydrogen-bond acceptors (Lipinski definition) is 5. The van der Waals surface area contributed by atoms with E-state index in [1.165, 1.54) is 18.0 Å². The van der Waals surface area contributed by atoms with Crippen LogP contribution in [0, 0.1) is 0 Å². The predicted octanol–water partition coefficient (Wildman–Crippen LogP) is 0.569. The molecular weight excluding hydrogens is 192 g/mol. The number of aromatic nitrogens is 1. The number of carboxylic acids is 1. The first kappa shape index (κ1) is 10.1. The molecule has 13 heavy (non-hydrogen) atoms. The molecule has 1 unspecified atom stereocenters. The Morgan fingerprint density at radius 3 is 3.15 bits per heavy atom. The number of carboxylic acid groups (broad SMARTS) is 1. The second-order valence-electron chi connectivity index (χ2n) is 2.38. The van der Waals surface area contributed by atoms with Crippen LogP contribution in [0.15, 0.2) is 22.1 Å². The van der Waals surface area contributed by atoms with Crippen molar-refractivity contribution in [2.75, 3.05) is 5.75 Å². The van der Waals surface area contributed by atoms with Gasteiger partial charge in [0.2, 0.25) is 0 Å². The second-order valence-corrected chi connectivity index (χ2v) is 3.43. The number of oxazole rings is 1. The smallest absolute Gasteiger partial charge is 0.320 e. The topological polar surface area (TPSA) is 89.4 Å². The van der Waals surface area contributed by atoms with Crippen molar-refractivity contribution in [3.05, 3.63) is 12.5 Å². The van der Waals surface area contributed by atoms with Crippen LogP contribution in [-0.4, -0.2) is 27.9 Å². The van der Waals surface area contributed by atoms with Gasteiger partial charge in [-0.25, -0.2) is 4.98 Å². The van der Waals surface area contributed by atoms with Gasteiger partial charge in [-0.15, -0.1) is 0 Å². The number of rotatable bonds is 5. The van der Waals surface area contributed by atoms with E-state index in [1.807, 2.05) is 0 Å². The molecule has 0 saturated carbocycles. The van der Waals surface area contributed by atoms with E-state index in [9.17, 15) is 4.79 Å². The van der Waals surface area contributed by atoms with Crippen LogP contribution in [-0.2, 0) is 4.79 Å². The zero-order valence-electron chi connectivity index (χ0n) is 6.84. The van der Waals surface area contributed by atoms with Gasteiger partial charge in [-0.1, -0.05) is 11.8 Å². The van der Waals surface area contributed by atoms with Gasteiger partial charge in [-0.05, 0) is 6.42 Å². The molecule has 0 bridgehead atoms. The molecule has 1 atom stereocenters. The molecule has 0 saturated heterocycles. The van der Waals surface area contributed by atoms with Crippen molar-refractivity contribution >= 4 is 17.7 Å². The lowest BCUT2D eigenvalue weighted by atomic mass is 10.2. The summed E-state index contributed by atoms with van der Waals surface area (Å²) in [4.78, 5) is 14.2. The number of hydrogen-bond donors (Lipinski definition) is 2. The highest BCUT2D eigenvalue weighted by Crippen LogP contribution is 2.15. The molecule has 0 aliphatic carbocycles. The summed E-state index contributed by atoms with van der Waals surface area (Å²) in [5.74, 6) is -0.387. The van der Waals surface area contributed by atoms with E-state index in [0.29, 0.717) is 17.4 Å². The third kappa shape index (κ3) is 3.47. The van der Waals surface area contributed by atoms with Crippen molar-refractivity contribution in [3.63, 3.8) is 0 Å². The van der Waals surface area contributed by atoms with Crippen LogP contribution in [0.25, 0.3) is 0 Å². The predicted molar refractivity (Wildman–Crippen MR) is 47.5 cm³/mol. The molecule has 0 aliphatic heterocycles. The first-order valence-electron chi connectivity index (χ1n) is 3.71. The lowest BCUT2D eigenvalue weighted by molar-refractivity contribution is -0.138. The number of thioether (sulfide) groups is 1. The Balaban J connectivity index is 2.18. The van der Waals surface area contributed by atoms with Gasteiger partial charge in [0, 0.05) is 5.75 Å². The van der Waals surface area contributed by atoms with E-state index in [-0.39, 0.29) is 0 Å². The van der Waals surface area contributed by atoms with Crippen molar-refractivity contribution in [1.82, 2.24) is 4.98 Å². The molecule has 1 heterocycles. The summed E-state index contributed by atoms with van der Waals surface area (Å²) in [6.45, 7) is 0. The minimum atomic E-state index is -0.979. The number of nitrogens with two attached hydrogens (primary N) is 1. The summed E-state index contributed by atoms with van der Waals surface area (Å²) in [6.07, 6.45) is 3.42. The van der Waals surface area contributed by atoms with Crippen LogP contribution in [0.4, 0.5) is 0 Å². The Morgan fingerprint density at radius 2 is 2.62 bits per heavy atom. The van der Waals surface area contributed by atoms with Crippen LogP contribution in [0.1, 0.15) is 6.42 Å². The van der Waals surface area contributed by atoms with E-state index in [4.69, 9.17) is 15.3 Å². The average molecular weight is 202 g/mol. The van der Waals surface area contributed by atoms with E-state index >= 15 is 0 Å². The maximum Gasteiger partial charge on any atom is 0.320 e. The zero-order valence-corrected chi connectivity index (χ0v) is 7.66. The maximum absolute atomic E-state index is 10.3. The molecule has 1 aromatic rings. The van der Waals surface area contributed by atoms with Crippen LogP contribution >= 0.6 is 11.8 Å². The Labute approximate surface area is 79.3 Å². The molecule has 72 valence electrons. The molecule has 0 radical (unpaired) electrons. The van der Waals surface area contributed by atoms with Crippen molar-refractivity contribution in [2.45, 2.75) is 17.7 Å². The maximum atomic E-state index is 10.3. The van der Waals surface area contributed by atoms with E-state index in [2.05, 4.69) is 4.98 Å². The van der Waals surface area contributed by atoms with Gasteiger partial charge in [0.15, 0.2) is 0 Å². The monoisotopic (exact) mass is 202 g/mol. The Hall–Kier alpha value is -1.01. The van der Waals surface area contributed by atoms with Gasteiger partial charge in [0.05, 0.1) is 6.20 Å². The lowest BCUT2D eigenvalue weighted by Crippen LogP contribution is -2.30. The fraction of sp³-hybridized carbons (Fsp3) is 0.429. The van der Waals surface area contributed by atoms with Crippen LogP contribution in [0.5, 0.6) is 0 Å². The Bertz CT molecular complexity index is 263. The molecule has 0 fully saturated rings. The molecule has 0 amide bonds. The highest BCUT2D eigenvalue weighted by Gasteiger charge is 2.11. The first-order valence-corrected chi connectivity index (χ1v) is 4.69. The average Bonchev–Trinajstić information content (AvgIpc) is 2.56. The van der Waals surface area contributed by atoms with Crippen LogP contribution in [0.3, 0.4) is 0 Å². The first-order chi connectivity index (χ1) is 6.20. The Kier molecular flexibility index (Phi) is 3.78. The van der Waals surface area contributed by atoms with E-state index in [1.54, 1.807) is 6.20 Å². The third-order valence-electron chi connectivity index (χ3n) is 1.38. The summed E-state index contributed by atoms with van der Waals surface area (Å²) < 4.78 is 4.94. The summed E-state index contributed by atoms with van der Waals surface area (Å²) in [7, 11) is 0. The summed E-state index contributed by atoms with van der Waals surface area (Å²) >= 11 is 1.35. The van der Waals surface area contributed by atoms with Crippen molar-refractivity contribution in [2.24, 2.45) is 5.73 Å².